The SMILES string of the molecule is CC(F)(I)c1cccc(-c2nc(NC3CC(F)(F)C3)nc(NC3CC(F)(F)C3)n2)n1. The van der Waals surface area contributed by atoms with Crippen molar-refractivity contribution in [2.45, 2.75) is 60.2 Å². The number of pyridine rings is 1. The molecule has 2 saturated carbocycles. The van der Waals surface area contributed by atoms with Crippen molar-refractivity contribution in [3.63, 3.8) is 0 Å². The molecular formula is C18H18F5IN6. The number of nitrogens with zero attached hydrogens (tertiary/aromatic N) is 4. The fourth-order valence-corrected chi connectivity index (χ4v) is 3.62. The quantitative estimate of drug-likeness (QED) is 0.308. The van der Waals surface area contributed by atoms with Crippen LogP contribution in [0.2, 0.25) is 0 Å². The highest BCUT2D eigenvalue weighted by Crippen LogP contribution is 2.40. The normalized spacial score (nSPS) is 22.5. The molecule has 30 heavy (non-hydrogen) atoms. The minimum Gasteiger partial charge on any atom is -0.351 e. The van der Waals surface area contributed by atoms with Gasteiger partial charge in [0.15, 0.2) is 9.50 Å². The van der Waals surface area contributed by atoms with Crippen LogP contribution >= 0.6 is 22.6 Å². The van der Waals surface area contributed by atoms with E-state index in [1.807, 2.05) is 0 Å². The van der Waals surface area contributed by atoms with Gasteiger partial charge in [0.25, 0.3) is 11.8 Å². The van der Waals surface area contributed by atoms with Crippen LogP contribution in [-0.2, 0) is 3.68 Å². The molecule has 2 aromatic rings. The van der Waals surface area contributed by atoms with E-state index in [1.165, 1.54) is 13.0 Å². The van der Waals surface area contributed by atoms with E-state index in [-0.39, 0.29) is 54.8 Å². The lowest BCUT2D eigenvalue weighted by Crippen LogP contribution is -2.45. The second-order valence-electron chi connectivity index (χ2n) is 7.81. The summed E-state index contributed by atoms with van der Waals surface area (Å²) < 4.78 is 65.1. The van der Waals surface area contributed by atoms with E-state index >= 15 is 0 Å². The first-order valence-corrected chi connectivity index (χ1v) is 10.4. The third kappa shape index (κ3) is 4.89. The smallest absolute Gasteiger partial charge is 0.252 e. The van der Waals surface area contributed by atoms with Gasteiger partial charge in [-0.2, -0.15) is 15.0 Å². The highest BCUT2D eigenvalue weighted by molar-refractivity contribution is 14.1. The van der Waals surface area contributed by atoms with Gasteiger partial charge in [0, 0.05) is 37.8 Å². The number of aromatic nitrogens is 4. The molecular weight excluding hydrogens is 522 g/mol. The Balaban J connectivity index is 1.61. The molecule has 0 radical (unpaired) electrons. The lowest BCUT2D eigenvalue weighted by molar-refractivity contribution is -0.0799. The van der Waals surface area contributed by atoms with Gasteiger partial charge in [0.05, 0.1) is 5.69 Å². The third-order valence-corrected chi connectivity index (χ3v) is 5.46. The number of halogens is 6. The van der Waals surface area contributed by atoms with Gasteiger partial charge in [-0.15, -0.1) is 0 Å². The van der Waals surface area contributed by atoms with E-state index in [0.717, 1.165) is 0 Å². The summed E-state index contributed by atoms with van der Waals surface area (Å²) in [6.45, 7) is 1.35. The standard InChI is InChI=1S/C18H18F5IN6/c1-16(19,24)12-4-2-3-11(27-12)13-28-14(25-9-5-17(20,21)6-9)30-15(29-13)26-10-7-18(22,23)8-10/h2-4,9-10H,5-8H2,1H3,(H2,25,26,28,29,30). The van der Waals surface area contributed by atoms with Crippen LogP contribution in [0, 0.1) is 0 Å². The first kappa shape index (κ1) is 21.4. The van der Waals surface area contributed by atoms with Gasteiger partial charge in [-0.25, -0.2) is 26.9 Å². The van der Waals surface area contributed by atoms with Gasteiger partial charge < -0.3 is 10.6 Å². The van der Waals surface area contributed by atoms with Crippen LogP contribution in [0.3, 0.4) is 0 Å². The zero-order valence-corrected chi connectivity index (χ0v) is 17.9. The van der Waals surface area contributed by atoms with E-state index in [9.17, 15) is 22.0 Å². The Morgan fingerprint density at radius 3 is 1.83 bits per heavy atom. The number of anilines is 2. The van der Waals surface area contributed by atoms with Crippen molar-refractivity contribution in [3.05, 3.63) is 23.9 Å². The summed E-state index contributed by atoms with van der Waals surface area (Å²) in [5.41, 5.74) is 0.404. The summed E-state index contributed by atoms with van der Waals surface area (Å²) in [4.78, 5) is 16.8. The first-order valence-electron chi connectivity index (χ1n) is 9.29. The second kappa shape index (κ2) is 7.38. The van der Waals surface area contributed by atoms with Crippen LogP contribution in [0.5, 0.6) is 0 Å². The largest absolute Gasteiger partial charge is 0.351 e. The number of hydrogen-bond donors (Lipinski definition) is 2. The molecule has 2 fully saturated rings. The van der Waals surface area contributed by atoms with E-state index in [0.29, 0.717) is 0 Å². The predicted octanol–water partition coefficient (Wildman–Crippen LogP) is 4.93. The summed E-state index contributed by atoms with van der Waals surface area (Å²) in [7, 11) is 0. The van der Waals surface area contributed by atoms with Crippen molar-refractivity contribution in [3.8, 4) is 11.5 Å². The molecule has 6 nitrogen and oxygen atoms in total. The van der Waals surface area contributed by atoms with Gasteiger partial charge in [0.1, 0.15) is 5.69 Å². The average Bonchev–Trinajstić information content (AvgIpc) is 2.58. The number of nitrogens with one attached hydrogen (secondary N) is 2. The van der Waals surface area contributed by atoms with Crippen molar-refractivity contribution < 1.29 is 22.0 Å². The summed E-state index contributed by atoms with van der Waals surface area (Å²) in [6.07, 6.45) is -1.41. The number of alkyl halides is 6. The second-order valence-corrected chi connectivity index (χ2v) is 9.84. The van der Waals surface area contributed by atoms with E-state index < -0.39 is 27.6 Å². The molecule has 0 amide bonds. The third-order valence-electron chi connectivity index (χ3n) is 4.91. The highest BCUT2D eigenvalue weighted by atomic mass is 127. The maximum absolute atomic E-state index is 14.3. The minimum atomic E-state index is -2.73. The van der Waals surface area contributed by atoms with Crippen LogP contribution < -0.4 is 10.6 Å². The maximum atomic E-state index is 14.3. The molecule has 1 unspecified atom stereocenters. The van der Waals surface area contributed by atoms with Crippen molar-refractivity contribution in [1.29, 1.82) is 0 Å². The van der Waals surface area contributed by atoms with Crippen molar-refractivity contribution in [1.82, 2.24) is 19.9 Å². The molecule has 2 aliphatic carbocycles. The molecule has 0 spiro atoms. The molecule has 0 saturated heterocycles. The van der Waals surface area contributed by atoms with Gasteiger partial charge in [-0.3, -0.25) is 0 Å². The molecule has 2 aliphatic rings. The Morgan fingerprint density at radius 1 is 0.900 bits per heavy atom. The fraction of sp³-hybridized carbons (Fsp3) is 0.556. The number of rotatable bonds is 6. The van der Waals surface area contributed by atoms with E-state index in [2.05, 4.69) is 30.6 Å². The van der Waals surface area contributed by atoms with Gasteiger partial charge >= 0.3 is 0 Å². The van der Waals surface area contributed by atoms with Crippen LogP contribution in [0.25, 0.3) is 11.5 Å². The Labute approximate surface area is 182 Å². The summed E-state index contributed by atoms with van der Waals surface area (Å²) in [5, 5.41) is 5.64. The highest BCUT2D eigenvalue weighted by Gasteiger charge is 2.46. The van der Waals surface area contributed by atoms with E-state index in [1.54, 1.807) is 34.7 Å². The molecule has 2 N–H and O–H groups in total. The van der Waals surface area contributed by atoms with Crippen LogP contribution in [0.15, 0.2) is 18.2 Å². The van der Waals surface area contributed by atoms with Crippen molar-refractivity contribution in [2.24, 2.45) is 0 Å². The Kier molecular flexibility index (Phi) is 5.26. The summed E-state index contributed by atoms with van der Waals surface area (Å²) in [6, 6.07) is 3.65. The van der Waals surface area contributed by atoms with Crippen LogP contribution in [-0.4, -0.2) is 43.9 Å². The van der Waals surface area contributed by atoms with E-state index in [4.69, 9.17) is 0 Å². The lowest BCUT2D eigenvalue weighted by atomic mass is 9.88. The van der Waals surface area contributed by atoms with Crippen molar-refractivity contribution >= 4 is 34.5 Å². The minimum absolute atomic E-state index is 0.0266. The Morgan fingerprint density at radius 2 is 1.40 bits per heavy atom. The monoisotopic (exact) mass is 540 g/mol. The zero-order chi connectivity index (χ0) is 21.7. The fourth-order valence-electron chi connectivity index (χ4n) is 3.31. The predicted molar refractivity (Wildman–Crippen MR) is 109 cm³/mol. The molecule has 0 aromatic carbocycles. The molecule has 2 heterocycles. The number of hydrogen-bond acceptors (Lipinski definition) is 6. The molecule has 12 heteroatoms. The Hall–Kier alpha value is -1.86. The molecule has 1 atom stereocenters. The molecule has 162 valence electrons. The van der Waals surface area contributed by atoms with Gasteiger partial charge in [-0.1, -0.05) is 6.07 Å². The summed E-state index contributed by atoms with van der Waals surface area (Å²) >= 11 is 1.61. The average molecular weight is 540 g/mol. The zero-order valence-electron chi connectivity index (χ0n) is 15.8. The molecule has 4 rings (SSSR count). The van der Waals surface area contributed by atoms with Crippen LogP contribution in [0.1, 0.15) is 38.3 Å². The molecule has 2 aromatic heterocycles. The Bertz CT molecular complexity index is 891. The molecule has 0 aliphatic heterocycles. The first-order chi connectivity index (χ1) is 13.9. The lowest BCUT2D eigenvalue weighted by Gasteiger charge is -2.36. The topological polar surface area (TPSA) is 75.6 Å². The van der Waals surface area contributed by atoms with Crippen LogP contribution in [0.4, 0.5) is 33.8 Å². The molecule has 0 bridgehead atoms. The van der Waals surface area contributed by atoms with Gasteiger partial charge in [-0.05, 0) is 41.6 Å². The summed E-state index contributed by atoms with van der Waals surface area (Å²) in [5.74, 6) is -5.32. The maximum Gasteiger partial charge on any atom is 0.252 e. The van der Waals surface area contributed by atoms with Gasteiger partial charge in [0.2, 0.25) is 11.9 Å². The van der Waals surface area contributed by atoms with Crippen molar-refractivity contribution in [2.75, 3.05) is 10.6 Å².